The van der Waals surface area contributed by atoms with Gasteiger partial charge in [0, 0.05) is 23.8 Å². The summed E-state index contributed by atoms with van der Waals surface area (Å²) in [6.45, 7) is 9.70. The maximum absolute atomic E-state index is 6.00. The van der Waals surface area contributed by atoms with Crippen molar-refractivity contribution in [2.75, 3.05) is 0 Å². The summed E-state index contributed by atoms with van der Waals surface area (Å²) < 4.78 is 7.34. The van der Waals surface area contributed by atoms with Crippen molar-refractivity contribution in [2.24, 2.45) is 0 Å². The van der Waals surface area contributed by atoms with Crippen molar-refractivity contribution < 1.29 is 4.42 Å². The van der Waals surface area contributed by atoms with E-state index >= 15 is 0 Å². The molecule has 5 heteroatoms. The zero-order valence-corrected chi connectivity index (χ0v) is 12.6. The molecule has 0 fully saturated rings. The van der Waals surface area contributed by atoms with Crippen molar-refractivity contribution in [3.8, 4) is 0 Å². The minimum atomic E-state index is 0.0835. The van der Waals surface area contributed by atoms with Gasteiger partial charge in [0.25, 0.3) is 0 Å². The van der Waals surface area contributed by atoms with E-state index in [-0.39, 0.29) is 5.54 Å². The third kappa shape index (κ3) is 3.85. The number of rotatable bonds is 4. The Kier molecular flexibility index (Phi) is 4.02. The highest BCUT2D eigenvalue weighted by Crippen LogP contribution is 2.17. The van der Waals surface area contributed by atoms with Gasteiger partial charge < -0.3 is 9.73 Å². The average molecular weight is 282 g/mol. The number of hydrogen-bond donors (Lipinski definition) is 1. The molecule has 104 valence electrons. The summed E-state index contributed by atoms with van der Waals surface area (Å²) in [6, 6.07) is 1.99. The van der Waals surface area contributed by atoms with Gasteiger partial charge >= 0.3 is 0 Å². The predicted octanol–water partition coefficient (Wildman–Crippen LogP) is 3.37. The van der Waals surface area contributed by atoms with Gasteiger partial charge in [-0.15, -0.1) is 0 Å². The lowest BCUT2D eigenvalue weighted by Crippen LogP contribution is -2.35. The van der Waals surface area contributed by atoms with Crippen LogP contribution in [0.1, 0.15) is 37.8 Å². The maximum atomic E-state index is 6.00. The number of hydrogen-bond acceptors (Lipinski definition) is 3. The molecule has 0 saturated heterocycles. The van der Waals surface area contributed by atoms with E-state index in [1.165, 1.54) is 0 Å². The normalized spacial score (nSPS) is 12.1. The second-order valence-corrected chi connectivity index (χ2v) is 6.14. The van der Waals surface area contributed by atoms with E-state index in [2.05, 4.69) is 31.2 Å². The molecule has 0 amide bonds. The summed E-state index contributed by atoms with van der Waals surface area (Å²) in [5, 5.41) is 8.47. The van der Waals surface area contributed by atoms with Gasteiger partial charge in [0.05, 0.1) is 23.5 Å². The van der Waals surface area contributed by atoms with Crippen LogP contribution in [0.15, 0.2) is 22.9 Å². The summed E-state index contributed by atoms with van der Waals surface area (Å²) in [7, 11) is 0. The Labute approximate surface area is 118 Å². The van der Waals surface area contributed by atoms with Crippen molar-refractivity contribution in [1.82, 2.24) is 15.1 Å². The monoisotopic (exact) mass is 281 g/mol. The fourth-order valence-corrected chi connectivity index (χ4v) is 1.90. The SMILES string of the molecule is Cc1nn(Cc2occc2CNC(C)(C)C)cc1Cl. The fourth-order valence-electron chi connectivity index (χ4n) is 1.75. The van der Waals surface area contributed by atoms with Crippen LogP contribution in [0.3, 0.4) is 0 Å². The molecule has 0 aromatic carbocycles. The first-order valence-corrected chi connectivity index (χ1v) is 6.73. The van der Waals surface area contributed by atoms with Crippen molar-refractivity contribution in [2.45, 2.75) is 46.3 Å². The molecule has 2 aromatic rings. The molecule has 0 spiro atoms. The Balaban J connectivity index is 2.07. The number of nitrogens with one attached hydrogen (secondary N) is 1. The summed E-state index contributed by atoms with van der Waals surface area (Å²) in [4.78, 5) is 0. The fraction of sp³-hybridized carbons (Fsp3) is 0.500. The van der Waals surface area contributed by atoms with Gasteiger partial charge in [-0.25, -0.2) is 0 Å². The van der Waals surface area contributed by atoms with Crippen molar-refractivity contribution in [3.63, 3.8) is 0 Å². The van der Waals surface area contributed by atoms with Gasteiger partial charge in [0.15, 0.2) is 0 Å². The molecule has 0 radical (unpaired) electrons. The van der Waals surface area contributed by atoms with Crippen LogP contribution in [-0.2, 0) is 13.1 Å². The Morgan fingerprint density at radius 3 is 2.74 bits per heavy atom. The molecule has 4 nitrogen and oxygen atoms in total. The standard InChI is InChI=1S/C14H20ClN3O/c1-10-12(15)8-18(17-10)9-13-11(5-6-19-13)7-16-14(2,3)4/h5-6,8,16H,7,9H2,1-4H3. The van der Waals surface area contributed by atoms with Gasteiger partial charge in [-0.05, 0) is 33.8 Å². The summed E-state index contributed by atoms with van der Waals surface area (Å²) in [6.07, 6.45) is 3.54. The second-order valence-electron chi connectivity index (χ2n) is 5.73. The lowest BCUT2D eigenvalue weighted by Gasteiger charge is -2.20. The lowest BCUT2D eigenvalue weighted by molar-refractivity contribution is 0.416. The third-order valence-corrected chi connectivity index (χ3v) is 3.21. The molecular weight excluding hydrogens is 262 g/mol. The van der Waals surface area contributed by atoms with Crippen LogP contribution < -0.4 is 5.32 Å². The molecule has 19 heavy (non-hydrogen) atoms. The van der Waals surface area contributed by atoms with E-state index in [1.54, 1.807) is 10.9 Å². The molecule has 0 saturated carbocycles. The Hall–Kier alpha value is -1.26. The summed E-state index contributed by atoms with van der Waals surface area (Å²) in [5.74, 6) is 0.913. The molecule has 0 atom stereocenters. The zero-order chi connectivity index (χ0) is 14.0. The van der Waals surface area contributed by atoms with E-state index in [0.29, 0.717) is 11.6 Å². The highest BCUT2D eigenvalue weighted by Gasteiger charge is 2.13. The van der Waals surface area contributed by atoms with Crippen molar-refractivity contribution in [1.29, 1.82) is 0 Å². The molecule has 2 rings (SSSR count). The first kappa shape index (κ1) is 14.2. The van der Waals surface area contributed by atoms with Crippen LogP contribution in [0.2, 0.25) is 5.02 Å². The second kappa shape index (κ2) is 5.39. The van der Waals surface area contributed by atoms with Crippen LogP contribution in [-0.4, -0.2) is 15.3 Å². The highest BCUT2D eigenvalue weighted by atomic mass is 35.5. The zero-order valence-electron chi connectivity index (χ0n) is 11.8. The first-order chi connectivity index (χ1) is 8.85. The smallest absolute Gasteiger partial charge is 0.129 e. The molecule has 0 bridgehead atoms. The van der Waals surface area contributed by atoms with E-state index < -0.39 is 0 Å². The Bertz CT molecular complexity index is 532. The third-order valence-electron chi connectivity index (χ3n) is 2.84. The quantitative estimate of drug-likeness (QED) is 0.934. The topological polar surface area (TPSA) is 43.0 Å². The van der Waals surface area contributed by atoms with Gasteiger partial charge in [-0.3, -0.25) is 4.68 Å². The van der Waals surface area contributed by atoms with E-state index in [0.717, 1.165) is 23.6 Å². The number of nitrogens with zero attached hydrogens (tertiary/aromatic N) is 2. The number of aromatic nitrogens is 2. The molecule has 0 aliphatic carbocycles. The van der Waals surface area contributed by atoms with Crippen LogP contribution in [0.5, 0.6) is 0 Å². The number of aryl methyl sites for hydroxylation is 1. The molecular formula is C14H20ClN3O. The molecule has 0 unspecified atom stereocenters. The summed E-state index contributed by atoms with van der Waals surface area (Å²) in [5.41, 5.74) is 2.07. The van der Waals surface area contributed by atoms with Crippen molar-refractivity contribution in [3.05, 3.63) is 40.6 Å². The lowest BCUT2D eigenvalue weighted by atomic mass is 10.1. The molecule has 2 heterocycles. The van der Waals surface area contributed by atoms with Gasteiger partial charge in [-0.2, -0.15) is 5.10 Å². The minimum absolute atomic E-state index is 0.0835. The highest BCUT2D eigenvalue weighted by molar-refractivity contribution is 6.31. The minimum Gasteiger partial charge on any atom is -0.467 e. The van der Waals surface area contributed by atoms with Crippen LogP contribution in [0, 0.1) is 6.92 Å². The number of furan rings is 1. The molecule has 2 aromatic heterocycles. The van der Waals surface area contributed by atoms with E-state index in [1.807, 2.05) is 19.2 Å². The van der Waals surface area contributed by atoms with Gasteiger partial charge in [0.1, 0.15) is 5.76 Å². The van der Waals surface area contributed by atoms with E-state index in [9.17, 15) is 0 Å². The van der Waals surface area contributed by atoms with Crippen LogP contribution >= 0.6 is 11.6 Å². The van der Waals surface area contributed by atoms with E-state index in [4.69, 9.17) is 16.0 Å². The Morgan fingerprint density at radius 2 is 2.16 bits per heavy atom. The molecule has 0 aliphatic heterocycles. The average Bonchev–Trinajstić information content (AvgIpc) is 2.84. The van der Waals surface area contributed by atoms with Crippen LogP contribution in [0.25, 0.3) is 0 Å². The predicted molar refractivity (Wildman–Crippen MR) is 76.4 cm³/mol. The molecule has 1 N–H and O–H groups in total. The number of halogens is 1. The maximum Gasteiger partial charge on any atom is 0.129 e. The van der Waals surface area contributed by atoms with Gasteiger partial charge in [0.2, 0.25) is 0 Å². The van der Waals surface area contributed by atoms with Crippen LogP contribution in [0.4, 0.5) is 0 Å². The largest absolute Gasteiger partial charge is 0.467 e. The Morgan fingerprint density at radius 1 is 1.42 bits per heavy atom. The van der Waals surface area contributed by atoms with Gasteiger partial charge in [-0.1, -0.05) is 11.6 Å². The molecule has 0 aliphatic rings. The summed E-state index contributed by atoms with van der Waals surface area (Å²) >= 11 is 6.00. The van der Waals surface area contributed by atoms with Crippen molar-refractivity contribution >= 4 is 11.6 Å². The first-order valence-electron chi connectivity index (χ1n) is 6.35.